The number of hydrogen-bond acceptors (Lipinski definition) is 4. The number of ether oxygens (including phenoxy) is 2. The first-order chi connectivity index (χ1) is 15.8. The molecule has 0 radical (unpaired) electrons. The standard InChI is InChI=1S/C29H48O4/c1-6-8-9-10-11-12-13-14-15-28(31)33-29(5)19-18-24(22(3)4)21-27(29)32-26-17-16-23(7-2)20-25(26)30/h6-7,23-27,30H,1-3,8-21H2,4-5H3. The van der Waals surface area contributed by atoms with Crippen LogP contribution in [0.15, 0.2) is 37.5 Å². The smallest absolute Gasteiger partial charge is 0.306 e. The van der Waals surface area contributed by atoms with Crippen LogP contribution in [0.5, 0.6) is 0 Å². The largest absolute Gasteiger partial charge is 0.457 e. The van der Waals surface area contributed by atoms with E-state index in [0.717, 1.165) is 56.9 Å². The quantitative estimate of drug-likeness (QED) is 0.171. The summed E-state index contributed by atoms with van der Waals surface area (Å²) in [4.78, 5) is 12.7. The normalized spacial score (nSPS) is 32.2. The molecule has 2 fully saturated rings. The second kappa shape index (κ2) is 14.1. The molecule has 0 heterocycles. The molecule has 6 atom stereocenters. The zero-order chi connectivity index (χ0) is 24.3. The Labute approximate surface area is 202 Å². The minimum absolute atomic E-state index is 0.123. The summed E-state index contributed by atoms with van der Waals surface area (Å²) in [5.41, 5.74) is 0.504. The molecule has 33 heavy (non-hydrogen) atoms. The fraction of sp³-hybridized carbons (Fsp3) is 0.759. The molecule has 0 aromatic carbocycles. The number of esters is 1. The highest BCUT2D eigenvalue weighted by Gasteiger charge is 2.46. The van der Waals surface area contributed by atoms with E-state index in [1.54, 1.807) is 0 Å². The number of aliphatic hydroxyl groups is 1. The lowest BCUT2D eigenvalue weighted by Crippen LogP contribution is -2.52. The van der Waals surface area contributed by atoms with Crippen LogP contribution in [0.4, 0.5) is 0 Å². The van der Waals surface area contributed by atoms with Gasteiger partial charge in [0.1, 0.15) is 5.60 Å². The van der Waals surface area contributed by atoms with Gasteiger partial charge in [-0.25, -0.2) is 0 Å². The van der Waals surface area contributed by atoms with Crippen molar-refractivity contribution in [3.8, 4) is 0 Å². The van der Waals surface area contributed by atoms with Gasteiger partial charge in [0.25, 0.3) is 0 Å². The second-order valence-electron chi connectivity index (χ2n) is 10.6. The number of carbonyl (C=O) groups is 1. The van der Waals surface area contributed by atoms with Crippen molar-refractivity contribution in [2.45, 2.75) is 128 Å². The van der Waals surface area contributed by atoms with E-state index >= 15 is 0 Å². The summed E-state index contributed by atoms with van der Waals surface area (Å²) in [6.45, 7) is 15.9. The first-order valence-corrected chi connectivity index (χ1v) is 13.2. The fourth-order valence-corrected chi connectivity index (χ4v) is 5.32. The molecule has 2 aliphatic rings. The van der Waals surface area contributed by atoms with E-state index < -0.39 is 11.7 Å². The van der Waals surface area contributed by atoms with E-state index in [-0.39, 0.29) is 18.2 Å². The summed E-state index contributed by atoms with van der Waals surface area (Å²) in [6.07, 6.45) is 16.3. The molecule has 0 aromatic heterocycles. The van der Waals surface area contributed by atoms with Crippen LogP contribution in [-0.2, 0) is 14.3 Å². The van der Waals surface area contributed by atoms with E-state index in [1.165, 1.54) is 25.7 Å². The zero-order valence-electron chi connectivity index (χ0n) is 21.2. The second-order valence-corrected chi connectivity index (χ2v) is 10.6. The highest BCUT2D eigenvalue weighted by molar-refractivity contribution is 5.70. The van der Waals surface area contributed by atoms with Crippen molar-refractivity contribution in [2.24, 2.45) is 11.8 Å². The molecular weight excluding hydrogens is 412 g/mol. The topological polar surface area (TPSA) is 55.8 Å². The third kappa shape index (κ3) is 9.05. The lowest BCUT2D eigenvalue weighted by atomic mass is 9.74. The van der Waals surface area contributed by atoms with Crippen molar-refractivity contribution >= 4 is 5.97 Å². The molecule has 6 unspecified atom stereocenters. The Balaban J connectivity index is 1.87. The van der Waals surface area contributed by atoms with Crippen molar-refractivity contribution in [3.05, 3.63) is 37.5 Å². The third-order valence-corrected chi connectivity index (χ3v) is 7.72. The van der Waals surface area contributed by atoms with Crippen LogP contribution in [0.2, 0.25) is 0 Å². The molecule has 0 spiro atoms. The lowest BCUT2D eigenvalue weighted by Gasteiger charge is -2.46. The summed E-state index contributed by atoms with van der Waals surface area (Å²) in [7, 11) is 0. The maximum Gasteiger partial charge on any atom is 0.306 e. The van der Waals surface area contributed by atoms with E-state index in [4.69, 9.17) is 9.47 Å². The molecule has 0 aromatic rings. The van der Waals surface area contributed by atoms with Gasteiger partial charge in [0.05, 0.1) is 18.3 Å². The van der Waals surface area contributed by atoms with Crippen molar-refractivity contribution < 1.29 is 19.4 Å². The van der Waals surface area contributed by atoms with Gasteiger partial charge in [-0.15, -0.1) is 13.2 Å². The molecule has 1 N–H and O–H groups in total. The first-order valence-electron chi connectivity index (χ1n) is 13.2. The van der Waals surface area contributed by atoms with Crippen LogP contribution in [0.3, 0.4) is 0 Å². The Morgan fingerprint density at radius 1 is 1.06 bits per heavy atom. The van der Waals surface area contributed by atoms with Gasteiger partial charge in [-0.05, 0) is 83.5 Å². The van der Waals surface area contributed by atoms with E-state index in [0.29, 0.717) is 24.7 Å². The van der Waals surface area contributed by atoms with Gasteiger partial charge in [-0.2, -0.15) is 0 Å². The van der Waals surface area contributed by atoms with Gasteiger partial charge in [0.2, 0.25) is 0 Å². The van der Waals surface area contributed by atoms with Gasteiger partial charge < -0.3 is 14.6 Å². The number of aliphatic hydroxyl groups excluding tert-OH is 1. The maximum atomic E-state index is 12.7. The number of unbranched alkanes of at least 4 members (excludes halogenated alkanes) is 6. The molecule has 0 amide bonds. The molecule has 0 aliphatic heterocycles. The Hall–Kier alpha value is -1.39. The average Bonchev–Trinajstić information content (AvgIpc) is 2.78. The van der Waals surface area contributed by atoms with Gasteiger partial charge >= 0.3 is 5.97 Å². The first kappa shape index (κ1) is 27.9. The van der Waals surface area contributed by atoms with Gasteiger partial charge in [-0.1, -0.05) is 50.0 Å². The van der Waals surface area contributed by atoms with E-state index in [2.05, 4.69) is 26.7 Å². The number of hydrogen-bond donors (Lipinski definition) is 1. The summed E-state index contributed by atoms with van der Waals surface area (Å²) < 4.78 is 12.6. The predicted molar refractivity (Wildman–Crippen MR) is 136 cm³/mol. The van der Waals surface area contributed by atoms with E-state index in [1.807, 2.05) is 19.1 Å². The monoisotopic (exact) mass is 460 g/mol. The lowest BCUT2D eigenvalue weighted by molar-refractivity contribution is -0.205. The average molecular weight is 461 g/mol. The minimum atomic E-state index is -0.650. The molecule has 4 heteroatoms. The van der Waals surface area contributed by atoms with Crippen LogP contribution in [-0.4, -0.2) is 35.0 Å². The highest BCUT2D eigenvalue weighted by Crippen LogP contribution is 2.41. The SMILES string of the molecule is C=CCCCCCCCCC(=O)OC1(C)CCC(C(=C)C)CC1OC1CCC(C=C)CC1O. The molecule has 188 valence electrons. The van der Waals surface area contributed by atoms with Crippen molar-refractivity contribution in [2.75, 3.05) is 0 Å². The Kier molecular flexibility index (Phi) is 11.9. The van der Waals surface area contributed by atoms with Crippen LogP contribution < -0.4 is 0 Å². The van der Waals surface area contributed by atoms with Crippen LogP contribution in [0.1, 0.15) is 104 Å². The summed E-state index contributed by atoms with van der Waals surface area (Å²) in [6, 6.07) is 0. The summed E-state index contributed by atoms with van der Waals surface area (Å²) >= 11 is 0. The molecular formula is C29H48O4. The summed E-state index contributed by atoms with van der Waals surface area (Å²) in [5, 5.41) is 10.7. The van der Waals surface area contributed by atoms with Crippen molar-refractivity contribution in [1.29, 1.82) is 0 Å². The van der Waals surface area contributed by atoms with E-state index in [9.17, 15) is 9.90 Å². The predicted octanol–water partition coefficient (Wildman–Crippen LogP) is 7.07. The van der Waals surface area contributed by atoms with Crippen LogP contribution in [0, 0.1) is 11.8 Å². The highest BCUT2D eigenvalue weighted by atomic mass is 16.6. The van der Waals surface area contributed by atoms with Gasteiger partial charge in [-0.3, -0.25) is 4.79 Å². The van der Waals surface area contributed by atoms with Crippen molar-refractivity contribution in [1.82, 2.24) is 0 Å². The molecule has 2 rings (SSSR count). The Bertz CT molecular complexity index is 642. The number of allylic oxidation sites excluding steroid dienone is 3. The summed E-state index contributed by atoms with van der Waals surface area (Å²) in [5.74, 6) is 0.590. The van der Waals surface area contributed by atoms with Crippen LogP contribution >= 0.6 is 0 Å². The van der Waals surface area contributed by atoms with Gasteiger partial charge in [0, 0.05) is 6.42 Å². The molecule has 2 saturated carbocycles. The zero-order valence-corrected chi connectivity index (χ0v) is 21.2. The van der Waals surface area contributed by atoms with Crippen LogP contribution in [0.25, 0.3) is 0 Å². The molecule has 2 aliphatic carbocycles. The molecule has 4 nitrogen and oxygen atoms in total. The molecule has 0 saturated heterocycles. The maximum absolute atomic E-state index is 12.7. The van der Waals surface area contributed by atoms with Crippen molar-refractivity contribution in [3.63, 3.8) is 0 Å². The minimum Gasteiger partial charge on any atom is -0.457 e. The number of rotatable bonds is 14. The fourth-order valence-electron chi connectivity index (χ4n) is 5.32. The third-order valence-electron chi connectivity index (χ3n) is 7.72. The Morgan fingerprint density at radius 2 is 1.76 bits per heavy atom. The molecule has 0 bridgehead atoms. The number of carbonyl (C=O) groups excluding carboxylic acids is 1. The van der Waals surface area contributed by atoms with Gasteiger partial charge in [0.15, 0.2) is 0 Å². The Morgan fingerprint density at radius 3 is 2.39 bits per heavy atom.